The van der Waals surface area contributed by atoms with Crippen molar-refractivity contribution in [3.8, 4) is 11.3 Å². The van der Waals surface area contributed by atoms with Crippen molar-refractivity contribution in [1.29, 1.82) is 0 Å². The van der Waals surface area contributed by atoms with E-state index in [0.29, 0.717) is 11.8 Å². The SMILES string of the molecule is Cc1c2c(c(CC(C)C)c3ccc(CC(C)C)cc13)Sc1cc3cccc(CC4CCCC4)c3c3cc[n+](C)c-2c13. The van der Waals surface area contributed by atoms with Gasteiger partial charge in [0.25, 0.3) is 0 Å². The van der Waals surface area contributed by atoms with Crippen LogP contribution in [0.25, 0.3) is 43.6 Å². The molecule has 4 aromatic carbocycles. The summed E-state index contributed by atoms with van der Waals surface area (Å²) >= 11 is 2.04. The summed E-state index contributed by atoms with van der Waals surface area (Å²) in [6.45, 7) is 11.8. The normalized spacial score (nSPS) is 15.2. The van der Waals surface area contributed by atoms with Gasteiger partial charge >= 0.3 is 0 Å². The summed E-state index contributed by atoms with van der Waals surface area (Å²) in [5, 5.41) is 8.68. The van der Waals surface area contributed by atoms with Gasteiger partial charge in [-0.1, -0.05) is 102 Å². The molecule has 0 radical (unpaired) electrons. The maximum absolute atomic E-state index is 2.51. The molecule has 210 valence electrons. The zero-order valence-electron chi connectivity index (χ0n) is 25.7. The average Bonchev–Trinajstić information content (AvgIpc) is 3.45. The van der Waals surface area contributed by atoms with Gasteiger partial charge < -0.3 is 0 Å². The van der Waals surface area contributed by atoms with Crippen molar-refractivity contribution in [2.24, 2.45) is 24.8 Å². The van der Waals surface area contributed by atoms with Crippen molar-refractivity contribution in [3.05, 3.63) is 77.0 Å². The Bertz CT molecular complexity index is 1820. The number of hydrogen-bond donors (Lipinski definition) is 0. The smallest absolute Gasteiger partial charge is 0.200 e. The summed E-state index contributed by atoms with van der Waals surface area (Å²) in [5.74, 6) is 2.09. The van der Waals surface area contributed by atoms with Crippen LogP contribution in [0.15, 0.2) is 64.5 Å². The van der Waals surface area contributed by atoms with Crippen LogP contribution in [0.5, 0.6) is 0 Å². The van der Waals surface area contributed by atoms with Gasteiger partial charge in [0.2, 0.25) is 5.69 Å². The largest absolute Gasteiger partial charge is 0.222 e. The van der Waals surface area contributed by atoms with Crippen LogP contribution >= 0.6 is 11.8 Å². The van der Waals surface area contributed by atoms with Crippen molar-refractivity contribution >= 4 is 44.1 Å². The summed E-state index contributed by atoms with van der Waals surface area (Å²) in [7, 11) is 2.26. The molecule has 0 N–H and O–H groups in total. The van der Waals surface area contributed by atoms with Crippen molar-refractivity contribution in [2.75, 3.05) is 0 Å². The molecular weight excluding hydrogens is 515 g/mol. The molecule has 0 spiro atoms. The minimum absolute atomic E-state index is 0.599. The number of benzene rings is 4. The van der Waals surface area contributed by atoms with Gasteiger partial charge in [0, 0.05) is 21.2 Å². The second-order valence-electron chi connectivity index (χ2n) is 13.8. The zero-order valence-corrected chi connectivity index (χ0v) is 26.5. The Morgan fingerprint density at radius 2 is 1.63 bits per heavy atom. The van der Waals surface area contributed by atoms with Gasteiger partial charge in [-0.25, -0.2) is 4.57 Å². The minimum Gasteiger partial charge on any atom is -0.200 e. The van der Waals surface area contributed by atoms with Crippen molar-refractivity contribution in [2.45, 2.75) is 89.4 Å². The molecule has 1 aromatic heterocycles. The summed E-state index contributed by atoms with van der Waals surface area (Å²) < 4.78 is 2.41. The predicted octanol–water partition coefficient (Wildman–Crippen LogP) is 10.5. The molecule has 2 heteroatoms. The molecule has 0 unspecified atom stereocenters. The zero-order chi connectivity index (χ0) is 28.4. The van der Waals surface area contributed by atoms with Gasteiger partial charge in [-0.05, 0) is 93.8 Å². The minimum atomic E-state index is 0.599. The van der Waals surface area contributed by atoms with Crippen LogP contribution in [0.2, 0.25) is 0 Å². The highest BCUT2D eigenvalue weighted by Gasteiger charge is 2.33. The lowest BCUT2D eigenvalue weighted by atomic mass is 9.86. The second-order valence-corrected chi connectivity index (χ2v) is 14.8. The third kappa shape index (κ3) is 4.58. The Hall–Kier alpha value is -2.84. The molecule has 2 aliphatic rings. The molecule has 0 amide bonds. The first kappa shape index (κ1) is 27.0. The topological polar surface area (TPSA) is 3.88 Å². The summed E-state index contributed by atoms with van der Waals surface area (Å²) in [5.41, 5.74) is 8.85. The highest BCUT2D eigenvalue weighted by molar-refractivity contribution is 8.00. The molecule has 1 saturated carbocycles. The standard InChI is InChI=1S/C39H44NS/c1-23(2)18-27-14-15-30-32(21-27)25(5)35-38-37-31(16-17-40(38)6)36-28(20-26-10-7-8-11-26)12-9-13-29(36)22-34(37)41-39(35)33(30)19-24(3)4/h9,12-17,21-24,26H,7-8,10-11,18-20H2,1-6H3/q+1. The molecule has 1 fully saturated rings. The first-order valence-corrected chi connectivity index (χ1v) is 16.7. The number of nitrogens with zero attached hydrogens (tertiary/aromatic N) is 1. The van der Waals surface area contributed by atoms with Crippen LogP contribution in [0.4, 0.5) is 0 Å². The lowest BCUT2D eigenvalue weighted by molar-refractivity contribution is -0.659. The molecule has 1 nitrogen and oxygen atoms in total. The maximum atomic E-state index is 2.51. The van der Waals surface area contributed by atoms with Gasteiger partial charge in [0.1, 0.15) is 7.05 Å². The first-order valence-electron chi connectivity index (χ1n) is 15.9. The van der Waals surface area contributed by atoms with Gasteiger partial charge in [0.05, 0.1) is 10.9 Å². The molecule has 1 aliphatic heterocycles. The number of fused-ring (bicyclic) bond motifs is 5. The maximum Gasteiger partial charge on any atom is 0.222 e. The monoisotopic (exact) mass is 558 g/mol. The summed E-state index contributed by atoms with van der Waals surface area (Å²) in [6, 6.07) is 19.3. The third-order valence-electron chi connectivity index (χ3n) is 9.69. The van der Waals surface area contributed by atoms with E-state index >= 15 is 0 Å². The number of pyridine rings is 1. The van der Waals surface area contributed by atoms with Gasteiger partial charge in [-0.15, -0.1) is 0 Å². The lowest BCUT2D eigenvalue weighted by Gasteiger charge is -2.26. The van der Waals surface area contributed by atoms with Gasteiger partial charge in [0.15, 0.2) is 6.20 Å². The van der Waals surface area contributed by atoms with E-state index in [1.54, 1.807) is 5.56 Å². The van der Waals surface area contributed by atoms with E-state index in [1.807, 2.05) is 11.8 Å². The van der Waals surface area contributed by atoms with E-state index in [9.17, 15) is 0 Å². The lowest BCUT2D eigenvalue weighted by Crippen LogP contribution is -2.32. The van der Waals surface area contributed by atoms with Crippen LogP contribution in [0, 0.1) is 24.7 Å². The quantitative estimate of drug-likeness (QED) is 0.145. The van der Waals surface area contributed by atoms with Crippen LogP contribution < -0.4 is 4.57 Å². The van der Waals surface area contributed by atoms with Crippen LogP contribution in [-0.2, 0) is 26.3 Å². The average molecular weight is 559 g/mol. The van der Waals surface area contributed by atoms with E-state index in [-0.39, 0.29) is 0 Å². The van der Waals surface area contributed by atoms with E-state index in [0.717, 1.165) is 18.8 Å². The highest BCUT2D eigenvalue weighted by atomic mass is 32.2. The molecule has 0 atom stereocenters. The van der Waals surface area contributed by atoms with Gasteiger partial charge in [-0.2, -0.15) is 0 Å². The van der Waals surface area contributed by atoms with Crippen LogP contribution in [-0.4, -0.2) is 0 Å². The summed E-state index contributed by atoms with van der Waals surface area (Å²) in [6.07, 6.45) is 11.4. The first-order chi connectivity index (χ1) is 19.8. The Balaban J connectivity index is 1.54. The second kappa shape index (κ2) is 10.5. The van der Waals surface area contributed by atoms with Crippen molar-refractivity contribution in [3.63, 3.8) is 0 Å². The molecule has 7 rings (SSSR count). The predicted molar refractivity (Wildman–Crippen MR) is 177 cm³/mol. The van der Waals surface area contributed by atoms with Crippen LogP contribution in [0.3, 0.4) is 0 Å². The fraction of sp³-hybridized carbons (Fsp3) is 0.410. The highest BCUT2D eigenvalue weighted by Crippen LogP contribution is 2.53. The van der Waals surface area contributed by atoms with E-state index in [4.69, 9.17) is 0 Å². The van der Waals surface area contributed by atoms with Gasteiger partial charge in [-0.3, -0.25) is 0 Å². The number of rotatable bonds is 6. The fourth-order valence-corrected chi connectivity index (χ4v) is 9.31. The van der Waals surface area contributed by atoms with Crippen molar-refractivity contribution < 1.29 is 4.57 Å². The molecule has 1 aliphatic carbocycles. The number of aromatic nitrogens is 1. The molecule has 41 heavy (non-hydrogen) atoms. The summed E-state index contributed by atoms with van der Waals surface area (Å²) in [4.78, 5) is 2.90. The van der Waals surface area contributed by atoms with Crippen molar-refractivity contribution in [1.82, 2.24) is 0 Å². The third-order valence-corrected chi connectivity index (χ3v) is 10.9. The Kier molecular flexibility index (Phi) is 6.89. The number of hydrogen-bond acceptors (Lipinski definition) is 1. The van der Waals surface area contributed by atoms with E-state index in [1.165, 1.54) is 102 Å². The Labute approximate surface area is 250 Å². The molecule has 0 bridgehead atoms. The Morgan fingerprint density at radius 1 is 0.854 bits per heavy atom. The molecule has 0 saturated heterocycles. The number of aryl methyl sites for hydroxylation is 2. The van der Waals surface area contributed by atoms with E-state index in [2.05, 4.69) is 101 Å². The molecule has 5 aromatic rings. The molecular formula is C39H44NS+. The molecule has 2 heterocycles. The van der Waals surface area contributed by atoms with Crippen LogP contribution in [0.1, 0.15) is 75.6 Å². The van der Waals surface area contributed by atoms with E-state index < -0.39 is 0 Å². The Morgan fingerprint density at radius 3 is 2.39 bits per heavy atom. The fourth-order valence-electron chi connectivity index (χ4n) is 7.93.